The molecule has 0 saturated heterocycles. The highest BCUT2D eigenvalue weighted by Gasteiger charge is 2.35. The summed E-state index contributed by atoms with van der Waals surface area (Å²) in [7, 11) is 1.39. The Hall–Kier alpha value is -1.64. The van der Waals surface area contributed by atoms with Crippen LogP contribution in [0.4, 0.5) is 0 Å². The zero-order valence-electron chi connectivity index (χ0n) is 11.6. The maximum Gasteiger partial charge on any atom is 0.311 e. The number of esters is 1. The molecule has 0 heterocycles. The number of carbonyl (C=O) groups is 2. The molecule has 1 rings (SSSR count). The molecule has 1 aromatic carbocycles. The van der Waals surface area contributed by atoms with Gasteiger partial charge < -0.3 is 4.74 Å². The van der Waals surface area contributed by atoms with E-state index in [2.05, 4.69) is 0 Å². The van der Waals surface area contributed by atoms with Crippen molar-refractivity contribution < 1.29 is 14.3 Å². The van der Waals surface area contributed by atoms with Crippen LogP contribution >= 0.6 is 0 Å². The summed E-state index contributed by atoms with van der Waals surface area (Å²) in [5, 5.41) is 0. The van der Waals surface area contributed by atoms with E-state index in [0.717, 1.165) is 5.56 Å². The minimum absolute atomic E-state index is 0.0238. The number of methoxy groups -OCH3 is 1. The maximum absolute atomic E-state index is 11.8. The molecule has 0 aliphatic carbocycles. The van der Waals surface area contributed by atoms with Crippen molar-refractivity contribution in [1.82, 2.24) is 0 Å². The Kier molecular flexibility index (Phi) is 4.28. The second-order valence-electron chi connectivity index (χ2n) is 5.12. The highest BCUT2D eigenvalue weighted by atomic mass is 16.5. The van der Waals surface area contributed by atoms with Crippen molar-refractivity contribution in [2.75, 3.05) is 7.11 Å². The number of Topliss-reactive ketones (excluding diaryl/α,β-unsaturated/α-hetero) is 1. The molecule has 0 amide bonds. The van der Waals surface area contributed by atoms with Crippen LogP contribution in [0.3, 0.4) is 0 Å². The molecule has 0 bridgehead atoms. The molecular formula is C15H20O3. The molecule has 0 radical (unpaired) electrons. The van der Waals surface area contributed by atoms with E-state index in [4.69, 9.17) is 4.74 Å². The van der Waals surface area contributed by atoms with Gasteiger partial charge in [-0.1, -0.05) is 25.1 Å². The van der Waals surface area contributed by atoms with Crippen LogP contribution in [0.2, 0.25) is 0 Å². The summed E-state index contributed by atoms with van der Waals surface area (Å²) >= 11 is 0. The van der Waals surface area contributed by atoms with Crippen LogP contribution in [0.15, 0.2) is 24.3 Å². The molecule has 0 N–H and O–H groups in total. The summed E-state index contributed by atoms with van der Waals surface area (Å²) in [4.78, 5) is 23.1. The van der Waals surface area contributed by atoms with E-state index in [-0.39, 0.29) is 17.7 Å². The first kappa shape index (κ1) is 14.4. The van der Waals surface area contributed by atoms with E-state index in [1.165, 1.54) is 14.0 Å². The Labute approximate surface area is 108 Å². The average Bonchev–Trinajstić information content (AvgIpc) is 2.36. The molecule has 0 aliphatic rings. The Morgan fingerprint density at radius 3 is 2.39 bits per heavy atom. The number of carbonyl (C=O) groups excluding carboxylic acids is 2. The second-order valence-corrected chi connectivity index (χ2v) is 5.12. The predicted octanol–water partition coefficient (Wildman–Crippen LogP) is 3.19. The minimum Gasteiger partial charge on any atom is -0.469 e. The van der Waals surface area contributed by atoms with Crippen LogP contribution in [-0.2, 0) is 9.53 Å². The van der Waals surface area contributed by atoms with E-state index in [9.17, 15) is 9.59 Å². The monoisotopic (exact) mass is 248 g/mol. The van der Waals surface area contributed by atoms with Crippen molar-refractivity contribution in [3.05, 3.63) is 35.4 Å². The number of ketones is 1. The molecule has 1 unspecified atom stereocenters. The van der Waals surface area contributed by atoms with Crippen LogP contribution in [0.1, 0.15) is 49.5 Å². The van der Waals surface area contributed by atoms with Gasteiger partial charge >= 0.3 is 5.97 Å². The van der Waals surface area contributed by atoms with Gasteiger partial charge in [0.25, 0.3) is 0 Å². The van der Waals surface area contributed by atoms with Crippen LogP contribution in [0.25, 0.3) is 0 Å². The molecule has 3 heteroatoms. The van der Waals surface area contributed by atoms with Gasteiger partial charge in [-0.2, -0.15) is 0 Å². The third kappa shape index (κ3) is 2.78. The van der Waals surface area contributed by atoms with E-state index in [0.29, 0.717) is 5.56 Å². The van der Waals surface area contributed by atoms with Gasteiger partial charge in [0.1, 0.15) is 0 Å². The van der Waals surface area contributed by atoms with Gasteiger partial charge in [-0.15, -0.1) is 0 Å². The molecule has 0 spiro atoms. The van der Waals surface area contributed by atoms with Gasteiger partial charge in [-0.3, -0.25) is 9.59 Å². The number of hydrogen-bond acceptors (Lipinski definition) is 3. The summed E-state index contributed by atoms with van der Waals surface area (Å²) in [6, 6.07) is 7.40. The largest absolute Gasteiger partial charge is 0.469 e. The van der Waals surface area contributed by atoms with E-state index in [1.807, 2.05) is 39.0 Å². The Balaban J connectivity index is 3.10. The molecule has 0 saturated carbocycles. The summed E-state index contributed by atoms with van der Waals surface area (Å²) in [5.74, 6) is -0.243. The topological polar surface area (TPSA) is 43.4 Å². The van der Waals surface area contributed by atoms with Crippen molar-refractivity contribution >= 4 is 11.8 Å². The molecule has 1 atom stereocenters. The lowest BCUT2D eigenvalue weighted by molar-refractivity contribution is -0.151. The predicted molar refractivity (Wildman–Crippen MR) is 70.7 cm³/mol. The summed E-state index contributed by atoms with van der Waals surface area (Å²) < 4.78 is 4.83. The van der Waals surface area contributed by atoms with Crippen molar-refractivity contribution in [3.63, 3.8) is 0 Å². The molecule has 1 aromatic rings. The van der Waals surface area contributed by atoms with Crippen molar-refractivity contribution in [3.8, 4) is 0 Å². The Morgan fingerprint density at radius 1 is 1.28 bits per heavy atom. The van der Waals surface area contributed by atoms with Crippen molar-refractivity contribution in [2.24, 2.45) is 5.41 Å². The number of ether oxygens (including phenoxy) is 1. The molecule has 98 valence electrons. The number of benzene rings is 1. The fraction of sp³-hybridized carbons (Fsp3) is 0.467. The zero-order chi connectivity index (χ0) is 13.9. The van der Waals surface area contributed by atoms with Crippen molar-refractivity contribution in [1.29, 1.82) is 0 Å². The lowest BCUT2D eigenvalue weighted by Crippen LogP contribution is -2.31. The van der Waals surface area contributed by atoms with Gasteiger partial charge in [-0.25, -0.2) is 0 Å². The fourth-order valence-corrected chi connectivity index (χ4v) is 1.88. The van der Waals surface area contributed by atoms with Crippen LogP contribution < -0.4 is 0 Å². The third-order valence-electron chi connectivity index (χ3n) is 3.59. The molecule has 0 aliphatic heterocycles. The van der Waals surface area contributed by atoms with E-state index >= 15 is 0 Å². The first-order valence-electron chi connectivity index (χ1n) is 6.00. The lowest BCUT2D eigenvalue weighted by atomic mass is 9.76. The third-order valence-corrected chi connectivity index (χ3v) is 3.59. The van der Waals surface area contributed by atoms with Gasteiger partial charge in [0, 0.05) is 5.56 Å². The quantitative estimate of drug-likeness (QED) is 0.607. The highest BCUT2D eigenvalue weighted by Crippen LogP contribution is 2.36. The number of hydrogen-bond donors (Lipinski definition) is 0. The molecule has 0 aromatic heterocycles. The van der Waals surface area contributed by atoms with Crippen LogP contribution in [0.5, 0.6) is 0 Å². The Morgan fingerprint density at radius 2 is 1.89 bits per heavy atom. The average molecular weight is 248 g/mol. The normalized spacial score (nSPS) is 12.9. The standard InChI is InChI=1S/C15H20O3/c1-10(15(3,4)14(17)18-5)12-7-6-8-13(9-12)11(2)16/h6-10H,1-5H3. The van der Waals surface area contributed by atoms with Crippen LogP contribution in [0, 0.1) is 5.41 Å². The molecule has 3 nitrogen and oxygen atoms in total. The van der Waals surface area contributed by atoms with E-state index < -0.39 is 5.41 Å². The summed E-state index contributed by atoms with van der Waals surface area (Å²) in [5.41, 5.74) is 1.02. The smallest absolute Gasteiger partial charge is 0.311 e. The molecule has 18 heavy (non-hydrogen) atoms. The lowest BCUT2D eigenvalue weighted by Gasteiger charge is -2.29. The maximum atomic E-state index is 11.8. The molecular weight excluding hydrogens is 228 g/mol. The van der Waals surface area contributed by atoms with Gasteiger partial charge in [0.05, 0.1) is 12.5 Å². The van der Waals surface area contributed by atoms with Crippen molar-refractivity contribution in [2.45, 2.75) is 33.6 Å². The first-order chi connectivity index (χ1) is 8.30. The van der Waals surface area contributed by atoms with Gasteiger partial charge in [0.2, 0.25) is 0 Å². The SMILES string of the molecule is COC(=O)C(C)(C)C(C)c1cccc(C(C)=O)c1. The summed E-state index contributed by atoms with van der Waals surface area (Å²) in [6.07, 6.45) is 0. The zero-order valence-corrected chi connectivity index (χ0v) is 11.6. The first-order valence-corrected chi connectivity index (χ1v) is 6.00. The summed E-state index contributed by atoms with van der Waals surface area (Å²) in [6.45, 7) is 7.21. The highest BCUT2D eigenvalue weighted by molar-refractivity contribution is 5.94. The van der Waals surface area contributed by atoms with Gasteiger partial charge in [-0.05, 0) is 38.3 Å². The Bertz CT molecular complexity index is 461. The minimum atomic E-state index is -0.621. The fourth-order valence-electron chi connectivity index (χ4n) is 1.88. The second kappa shape index (κ2) is 5.34. The van der Waals surface area contributed by atoms with Crippen LogP contribution in [-0.4, -0.2) is 18.9 Å². The van der Waals surface area contributed by atoms with Gasteiger partial charge in [0.15, 0.2) is 5.78 Å². The van der Waals surface area contributed by atoms with E-state index in [1.54, 1.807) is 6.07 Å². The molecule has 0 fully saturated rings. The number of rotatable bonds is 4.